The Morgan fingerprint density at radius 2 is 2.04 bits per heavy atom. The van der Waals surface area contributed by atoms with Gasteiger partial charge in [-0.1, -0.05) is 17.7 Å². The Bertz CT molecular complexity index is 2300. The SMILES string of the molecule is N#Cc1c(N)sc2c(F)ccc(-c3c(Cl)cc4c(N5CC[C@]6(CCN6C(=O)n6cncn6)C5)nc(OC[C@@]56CCCN5C[C@H](F)C6)nc4c3F)c12. The Kier molecular flexibility index (Phi) is 7.36. The van der Waals surface area contributed by atoms with Crippen LogP contribution >= 0.6 is 22.9 Å². The number of nitrogen functional groups attached to an aromatic ring is 1. The quantitative estimate of drug-likeness (QED) is 0.237. The summed E-state index contributed by atoms with van der Waals surface area (Å²) in [6.45, 7) is 2.68. The predicted molar refractivity (Wildman–Crippen MR) is 185 cm³/mol. The highest BCUT2D eigenvalue weighted by Gasteiger charge is 2.53. The van der Waals surface area contributed by atoms with E-state index in [1.165, 1.54) is 29.5 Å². The van der Waals surface area contributed by atoms with Crippen molar-refractivity contribution in [3.63, 3.8) is 0 Å². The van der Waals surface area contributed by atoms with Gasteiger partial charge in [0.05, 0.1) is 26.4 Å². The fraction of sp³-hybridized carbons (Fsp3) is 0.412. The van der Waals surface area contributed by atoms with Crippen molar-refractivity contribution in [3.05, 3.63) is 53.1 Å². The normalized spacial score (nSPS) is 24.5. The number of nitrogens with zero attached hydrogens (tertiary/aromatic N) is 9. The van der Waals surface area contributed by atoms with Gasteiger partial charge in [0.15, 0.2) is 5.82 Å². The van der Waals surface area contributed by atoms with Gasteiger partial charge < -0.3 is 20.3 Å². The number of anilines is 2. The lowest BCUT2D eigenvalue weighted by Crippen LogP contribution is -2.64. The monoisotopic (exact) mass is 734 g/mol. The molecule has 2 aromatic carbocycles. The molecule has 3 aromatic heterocycles. The molecule has 7 heterocycles. The second-order valence-corrected chi connectivity index (χ2v) is 15.3. The summed E-state index contributed by atoms with van der Waals surface area (Å²) in [7, 11) is 0. The summed E-state index contributed by atoms with van der Waals surface area (Å²) in [6.07, 6.45) is 5.10. The number of likely N-dealkylation sites (tertiary alicyclic amines) is 1. The Morgan fingerprint density at radius 1 is 1.20 bits per heavy atom. The van der Waals surface area contributed by atoms with Gasteiger partial charge in [0.2, 0.25) is 0 Å². The Labute approximate surface area is 298 Å². The minimum Gasteiger partial charge on any atom is -0.461 e. The highest BCUT2D eigenvalue weighted by atomic mass is 35.5. The molecule has 17 heteroatoms. The zero-order valence-corrected chi connectivity index (χ0v) is 28.7. The van der Waals surface area contributed by atoms with E-state index in [0.717, 1.165) is 37.1 Å². The lowest BCUT2D eigenvalue weighted by Gasteiger charge is -2.50. The summed E-state index contributed by atoms with van der Waals surface area (Å²) in [6, 6.07) is 5.79. The molecule has 3 atom stereocenters. The van der Waals surface area contributed by atoms with E-state index >= 15 is 4.39 Å². The van der Waals surface area contributed by atoms with Gasteiger partial charge in [-0.25, -0.2) is 22.9 Å². The lowest BCUT2D eigenvalue weighted by atomic mass is 9.84. The van der Waals surface area contributed by atoms with E-state index in [0.29, 0.717) is 50.2 Å². The third kappa shape index (κ3) is 4.85. The first-order valence-corrected chi connectivity index (χ1v) is 17.8. The number of benzene rings is 2. The van der Waals surface area contributed by atoms with E-state index in [1.54, 1.807) is 11.0 Å². The molecule has 0 unspecified atom stereocenters. The molecule has 9 rings (SSSR count). The highest BCUT2D eigenvalue weighted by molar-refractivity contribution is 7.23. The van der Waals surface area contributed by atoms with E-state index in [4.69, 9.17) is 27.1 Å². The van der Waals surface area contributed by atoms with E-state index in [-0.39, 0.29) is 61.0 Å². The van der Waals surface area contributed by atoms with Crippen LogP contribution in [0.15, 0.2) is 30.9 Å². The summed E-state index contributed by atoms with van der Waals surface area (Å²) in [5, 5.41) is 14.5. The molecule has 4 aliphatic heterocycles. The maximum atomic E-state index is 17.1. The van der Waals surface area contributed by atoms with Crippen LogP contribution in [0.3, 0.4) is 0 Å². The van der Waals surface area contributed by atoms with Gasteiger partial charge in [0, 0.05) is 48.9 Å². The summed E-state index contributed by atoms with van der Waals surface area (Å²) >= 11 is 7.79. The van der Waals surface area contributed by atoms with Crippen molar-refractivity contribution in [1.29, 1.82) is 5.26 Å². The minimum absolute atomic E-state index is 0.000980. The average molecular weight is 735 g/mol. The Morgan fingerprint density at radius 3 is 2.80 bits per heavy atom. The van der Waals surface area contributed by atoms with Crippen LogP contribution in [0.4, 0.5) is 28.8 Å². The number of alkyl halides is 1. The number of carbonyl (C=O) groups is 1. The van der Waals surface area contributed by atoms with Crippen molar-refractivity contribution in [1.82, 2.24) is 34.5 Å². The molecule has 1 spiro atoms. The molecule has 5 aromatic rings. The van der Waals surface area contributed by atoms with E-state index < -0.39 is 28.9 Å². The number of nitriles is 1. The molecule has 0 bridgehead atoms. The zero-order valence-electron chi connectivity index (χ0n) is 27.1. The number of aromatic nitrogens is 5. The second-order valence-electron chi connectivity index (χ2n) is 13.8. The largest absolute Gasteiger partial charge is 0.461 e. The zero-order chi connectivity index (χ0) is 35.2. The molecular formula is C34H30ClF3N10O2S. The van der Waals surface area contributed by atoms with Crippen LogP contribution in [-0.2, 0) is 0 Å². The maximum Gasteiger partial charge on any atom is 0.346 e. The fourth-order valence-electron chi connectivity index (χ4n) is 8.60. The van der Waals surface area contributed by atoms with Crippen molar-refractivity contribution < 1.29 is 22.7 Å². The van der Waals surface area contributed by atoms with Crippen LogP contribution in [0.2, 0.25) is 5.02 Å². The molecule has 0 aliphatic carbocycles. The number of rotatable bonds is 5. The molecule has 4 saturated heterocycles. The number of thiophene rings is 1. The molecule has 0 saturated carbocycles. The molecule has 262 valence electrons. The number of hydrogen-bond donors (Lipinski definition) is 1. The molecule has 4 fully saturated rings. The van der Waals surface area contributed by atoms with Gasteiger partial charge in [0.25, 0.3) is 0 Å². The summed E-state index contributed by atoms with van der Waals surface area (Å²) in [5.74, 6) is -1.03. The van der Waals surface area contributed by atoms with Crippen molar-refractivity contribution >= 4 is 60.8 Å². The van der Waals surface area contributed by atoms with E-state index in [2.05, 4.69) is 20.0 Å². The van der Waals surface area contributed by atoms with E-state index in [1.807, 2.05) is 11.0 Å². The van der Waals surface area contributed by atoms with Crippen LogP contribution in [0.1, 0.15) is 37.7 Å². The number of fused-ring (bicyclic) bond motifs is 3. The van der Waals surface area contributed by atoms with Gasteiger partial charge in [-0.15, -0.1) is 11.3 Å². The summed E-state index contributed by atoms with van der Waals surface area (Å²) in [5.41, 5.74) is 5.14. The Balaban J connectivity index is 1.16. The highest BCUT2D eigenvalue weighted by Crippen LogP contribution is 2.48. The number of nitrogens with two attached hydrogens (primary N) is 1. The Hall–Kier alpha value is -4.72. The molecule has 12 nitrogen and oxygen atoms in total. The van der Waals surface area contributed by atoms with Gasteiger partial charge in [-0.2, -0.15) is 25.0 Å². The topological polar surface area (TPSA) is 142 Å². The number of ether oxygens (including phenoxy) is 1. The molecule has 4 aliphatic rings. The van der Waals surface area contributed by atoms with Crippen molar-refractivity contribution in [2.45, 2.75) is 49.4 Å². The first kappa shape index (κ1) is 32.2. The van der Waals surface area contributed by atoms with E-state index in [9.17, 15) is 18.8 Å². The molecule has 51 heavy (non-hydrogen) atoms. The first-order valence-electron chi connectivity index (χ1n) is 16.7. The fourth-order valence-corrected chi connectivity index (χ4v) is 9.84. The third-order valence-electron chi connectivity index (χ3n) is 11.1. The van der Waals surface area contributed by atoms with Crippen LogP contribution in [0.25, 0.3) is 32.1 Å². The summed E-state index contributed by atoms with van der Waals surface area (Å²) < 4.78 is 54.2. The van der Waals surface area contributed by atoms with Gasteiger partial charge in [-0.3, -0.25) is 4.90 Å². The molecule has 2 N–H and O–H groups in total. The molecule has 1 amide bonds. The van der Waals surface area contributed by atoms with Crippen molar-refractivity contribution in [2.75, 3.05) is 50.0 Å². The smallest absolute Gasteiger partial charge is 0.346 e. The average Bonchev–Trinajstić information content (AvgIpc) is 3.93. The number of amides is 1. The minimum atomic E-state index is -0.965. The first-order chi connectivity index (χ1) is 24.6. The summed E-state index contributed by atoms with van der Waals surface area (Å²) in [4.78, 5) is 32.4. The van der Waals surface area contributed by atoms with Crippen LogP contribution in [0.5, 0.6) is 6.01 Å². The lowest BCUT2D eigenvalue weighted by molar-refractivity contribution is 0.0400. The predicted octanol–water partition coefficient (Wildman–Crippen LogP) is 5.77. The third-order valence-corrected chi connectivity index (χ3v) is 12.4. The number of hydrogen-bond acceptors (Lipinski definition) is 11. The maximum absolute atomic E-state index is 17.1. The van der Waals surface area contributed by atoms with Crippen LogP contribution in [-0.4, -0.2) is 97.1 Å². The van der Waals surface area contributed by atoms with Crippen molar-refractivity contribution in [2.24, 2.45) is 0 Å². The van der Waals surface area contributed by atoms with Crippen LogP contribution < -0.4 is 15.4 Å². The molecule has 0 radical (unpaired) electrons. The van der Waals surface area contributed by atoms with Crippen LogP contribution in [0, 0.1) is 23.0 Å². The molecular weight excluding hydrogens is 705 g/mol. The standard InChI is InChI=1S/C34H30ClF3N10O2S/c35-22-10-20-27(26(38)25(22)19-2-3-23(37)28-24(19)21(12-39)29(40)51-28)43-31(50-15-34-4-1-7-46(34)13-18(36)11-34)44-30(20)45-8-5-33(14-45)6-9-47(33)32(49)48-17-41-16-42-48/h2-3,10,16-18H,1,4-9,11,13-15,40H2/t18-,33+,34+/m1/s1. The number of carbonyl (C=O) groups excluding carboxylic acids is 1. The number of halogens is 4. The second kappa shape index (κ2) is 11.7. The van der Waals surface area contributed by atoms with Gasteiger partial charge in [0.1, 0.15) is 53.7 Å². The van der Waals surface area contributed by atoms with Gasteiger partial charge >= 0.3 is 12.0 Å². The van der Waals surface area contributed by atoms with Gasteiger partial charge in [-0.05, 0) is 49.9 Å². The van der Waals surface area contributed by atoms with Crippen molar-refractivity contribution in [3.8, 4) is 23.2 Å².